The summed E-state index contributed by atoms with van der Waals surface area (Å²) in [7, 11) is 1.90. The van der Waals surface area contributed by atoms with E-state index in [2.05, 4.69) is 47.7 Å². The van der Waals surface area contributed by atoms with E-state index in [-0.39, 0.29) is 0 Å². The minimum Gasteiger partial charge on any atom is -0.356 e. The molecule has 1 heterocycles. The van der Waals surface area contributed by atoms with E-state index in [1.807, 2.05) is 7.05 Å². The quantitative estimate of drug-likeness (QED) is 0.604. The second-order valence-electron chi connectivity index (χ2n) is 5.93. The van der Waals surface area contributed by atoms with Crippen LogP contribution in [0.15, 0.2) is 4.99 Å². The van der Waals surface area contributed by atoms with Crippen LogP contribution in [0.2, 0.25) is 0 Å². The van der Waals surface area contributed by atoms with Gasteiger partial charge in [-0.25, -0.2) is 0 Å². The van der Waals surface area contributed by atoms with E-state index in [0.29, 0.717) is 4.75 Å². The Kier molecular flexibility index (Phi) is 3.91. The van der Waals surface area contributed by atoms with Crippen molar-refractivity contribution in [3.63, 3.8) is 0 Å². The summed E-state index contributed by atoms with van der Waals surface area (Å²) in [6, 6.07) is 0. The maximum absolute atomic E-state index is 4.42. The molecule has 98 valence electrons. The van der Waals surface area contributed by atoms with Crippen LogP contribution < -0.4 is 5.32 Å². The first kappa shape index (κ1) is 13.1. The van der Waals surface area contributed by atoms with Crippen molar-refractivity contribution < 1.29 is 0 Å². The maximum Gasteiger partial charge on any atom is 0.193 e. The van der Waals surface area contributed by atoms with Gasteiger partial charge in [-0.15, -0.1) is 0 Å². The summed E-state index contributed by atoms with van der Waals surface area (Å²) in [4.78, 5) is 6.83. The lowest BCUT2D eigenvalue weighted by Gasteiger charge is -2.39. The minimum atomic E-state index is 0.350. The summed E-state index contributed by atoms with van der Waals surface area (Å²) < 4.78 is 0.350. The van der Waals surface area contributed by atoms with Crippen LogP contribution in [0.25, 0.3) is 0 Å². The molecule has 17 heavy (non-hydrogen) atoms. The Morgan fingerprint density at radius 3 is 2.76 bits per heavy atom. The second-order valence-corrected chi connectivity index (χ2v) is 7.73. The van der Waals surface area contributed by atoms with Crippen LogP contribution in [0.3, 0.4) is 0 Å². The van der Waals surface area contributed by atoms with E-state index in [4.69, 9.17) is 0 Å². The highest BCUT2D eigenvalue weighted by atomic mass is 32.2. The number of guanidine groups is 1. The zero-order chi connectivity index (χ0) is 12.5. The van der Waals surface area contributed by atoms with Gasteiger partial charge in [0.05, 0.1) is 0 Å². The third-order valence-electron chi connectivity index (χ3n) is 3.74. The molecule has 0 bridgehead atoms. The first-order valence-electron chi connectivity index (χ1n) is 6.61. The average molecular weight is 255 g/mol. The molecule has 0 aromatic heterocycles. The predicted molar refractivity (Wildman–Crippen MR) is 76.7 cm³/mol. The van der Waals surface area contributed by atoms with Gasteiger partial charge in [0.2, 0.25) is 0 Å². The highest BCUT2D eigenvalue weighted by Crippen LogP contribution is 2.36. The Morgan fingerprint density at radius 2 is 2.24 bits per heavy atom. The Bertz CT molecular complexity index is 301. The highest BCUT2D eigenvalue weighted by molar-refractivity contribution is 8.00. The number of rotatable bonds is 2. The summed E-state index contributed by atoms with van der Waals surface area (Å²) >= 11 is 2.06. The van der Waals surface area contributed by atoms with Gasteiger partial charge in [0.15, 0.2) is 5.96 Å². The zero-order valence-corrected chi connectivity index (χ0v) is 12.3. The van der Waals surface area contributed by atoms with Crippen molar-refractivity contribution >= 4 is 17.7 Å². The van der Waals surface area contributed by atoms with Crippen LogP contribution in [0, 0.1) is 11.8 Å². The molecule has 2 aliphatic rings. The van der Waals surface area contributed by atoms with Gasteiger partial charge in [-0.2, -0.15) is 11.8 Å². The van der Waals surface area contributed by atoms with Crippen molar-refractivity contribution in [3.8, 4) is 0 Å². The lowest BCUT2D eigenvalue weighted by molar-refractivity contribution is 0.375. The van der Waals surface area contributed by atoms with Gasteiger partial charge >= 0.3 is 0 Å². The molecule has 0 aromatic rings. The number of hydrogen-bond donors (Lipinski definition) is 1. The number of hydrogen-bond acceptors (Lipinski definition) is 2. The van der Waals surface area contributed by atoms with Crippen molar-refractivity contribution in [2.24, 2.45) is 16.8 Å². The number of nitrogens with one attached hydrogen (secondary N) is 1. The topological polar surface area (TPSA) is 27.6 Å². The Labute approximate surface area is 109 Å². The number of aliphatic imine (C=N–C) groups is 1. The van der Waals surface area contributed by atoms with Crippen molar-refractivity contribution in [2.75, 3.05) is 32.4 Å². The van der Waals surface area contributed by atoms with E-state index < -0.39 is 0 Å². The minimum absolute atomic E-state index is 0.350. The average Bonchev–Trinajstić information content (AvgIpc) is 2.94. The third kappa shape index (κ3) is 3.54. The van der Waals surface area contributed by atoms with Gasteiger partial charge in [-0.1, -0.05) is 6.92 Å². The summed E-state index contributed by atoms with van der Waals surface area (Å²) in [5.74, 6) is 4.08. The van der Waals surface area contributed by atoms with Crippen molar-refractivity contribution in [2.45, 2.75) is 31.9 Å². The van der Waals surface area contributed by atoms with Crippen molar-refractivity contribution in [1.82, 2.24) is 10.2 Å². The van der Waals surface area contributed by atoms with Gasteiger partial charge in [0, 0.05) is 37.2 Å². The summed E-state index contributed by atoms with van der Waals surface area (Å²) in [6.07, 6.45) is 1.38. The third-order valence-corrected chi connectivity index (χ3v) is 5.03. The largest absolute Gasteiger partial charge is 0.356 e. The fourth-order valence-electron chi connectivity index (χ4n) is 2.44. The molecule has 1 aliphatic heterocycles. The zero-order valence-electron chi connectivity index (χ0n) is 11.5. The Morgan fingerprint density at radius 1 is 1.53 bits per heavy atom. The Hall–Kier alpha value is -0.380. The number of nitrogens with zero attached hydrogens (tertiary/aromatic N) is 2. The van der Waals surface area contributed by atoms with Crippen LogP contribution in [0.5, 0.6) is 0 Å². The molecular weight excluding hydrogens is 230 g/mol. The lowest BCUT2D eigenvalue weighted by Crippen LogP contribution is -2.51. The molecule has 1 saturated carbocycles. The molecule has 0 radical (unpaired) electrons. The van der Waals surface area contributed by atoms with Gasteiger partial charge in [0.25, 0.3) is 0 Å². The van der Waals surface area contributed by atoms with E-state index in [1.165, 1.54) is 12.2 Å². The van der Waals surface area contributed by atoms with Crippen LogP contribution >= 0.6 is 11.8 Å². The van der Waals surface area contributed by atoms with Gasteiger partial charge in [0.1, 0.15) is 0 Å². The summed E-state index contributed by atoms with van der Waals surface area (Å²) in [5, 5.41) is 3.54. The van der Waals surface area contributed by atoms with E-state index in [0.717, 1.165) is 37.4 Å². The maximum atomic E-state index is 4.42. The summed E-state index contributed by atoms with van der Waals surface area (Å²) in [6.45, 7) is 10.3. The molecule has 2 unspecified atom stereocenters. The molecule has 0 aromatic carbocycles. The summed E-state index contributed by atoms with van der Waals surface area (Å²) in [5.41, 5.74) is 0. The predicted octanol–water partition coefficient (Wildman–Crippen LogP) is 2.05. The van der Waals surface area contributed by atoms with Crippen LogP contribution in [0.1, 0.15) is 27.2 Å². The van der Waals surface area contributed by atoms with E-state index >= 15 is 0 Å². The molecule has 3 nitrogen and oxygen atoms in total. The standard InChI is InChI=1S/C13H25N3S/c1-10-7-11(10)8-15-12(14-4)16-5-6-17-13(2,3)9-16/h10-11H,5-9H2,1-4H3,(H,14,15). The van der Waals surface area contributed by atoms with E-state index in [1.54, 1.807) is 0 Å². The van der Waals surface area contributed by atoms with Crippen LogP contribution in [0.4, 0.5) is 0 Å². The first-order valence-corrected chi connectivity index (χ1v) is 7.60. The highest BCUT2D eigenvalue weighted by Gasteiger charge is 2.33. The van der Waals surface area contributed by atoms with Crippen LogP contribution in [-0.4, -0.2) is 48.0 Å². The molecule has 2 fully saturated rings. The van der Waals surface area contributed by atoms with Crippen LogP contribution in [-0.2, 0) is 0 Å². The molecule has 0 spiro atoms. The molecule has 2 atom stereocenters. The molecule has 1 saturated heterocycles. The second kappa shape index (κ2) is 5.09. The molecule has 1 N–H and O–H groups in total. The molecule has 4 heteroatoms. The molecule has 1 aliphatic carbocycles. The SMILES string of the molecule is CN=C(NCC1CC1C)N1CCSC(C)(C)C1. The molecular formula is C13H25N3S. The van der Waals surface area contributed by atoms with Gasteiger partial charge in [-0.05, 0) is 32.1 Å². The fraction of sp³-hybridized carbons (Fsp3) is 0.923. The monoisotopic (exact) mass is 255 g/mol. The van der Waals surface area contributed by atoms with E-state index in [9.17, 15) is 0 Å². The molecule has 2 rings (SSSR count). The molecule has 0 amide bonds. The fourth-order valence-corrected chi connectivity index (χ4v) is 3.55. The first-order chi connectivity index (χ1) is 8.02. The Balaban J connectivity index is 1.85. The van der Waals surface area contributed by atoms with Crippen molar-refractivity contribution in [3.05, 3.63) is 0 Å². The van der Waals surface area contributed by atoms with Gasteiger partial charge < -0.3 is 10.2 Å². The van der Waals surface area contributed by atoms with Crippen molar-refractivity contribution in [1.29, 1.82) is 0 Å². The smallest absolute Gasteiger partial charge is 0.193 e. The number of thioether (sulfide) groups is 1. The van der Waals surface area contributed by atoms with Gasteiger partial charge in [-0.3, -0.25) is 4.99 Å². The normalized spacial score (nSPS) is 32.5. The lowest BCUT2D eigenvalue weighted by atomic mass is 10.2.